The van der Waals surface area contributed by atoms with E-state index in [0.29, 0.717) is 6.61 Å². The van der Waals surface area contributed by atoms with Gasteiger partial charge in [-0.05, 0) is 55.2 Å². The van der Waals surface area contributed by atoms with Gasteiger partial charge in [-0.3, -0.25) is 4.79 Å². The molecule has 2 aromatic rings. The summed E-state index contributed by atoms with van der Waals surface area (Å²) in [6.07, 6.45) is 4.71. The lowest BCUT2D eigenvalue weighted by molar-refractivity contribution is 0.0761. The van der Waals surface area contributed by atoms with Crippen LogP contribution in [0.2, 0.25) is 0 Å². The third-order valence-corrected chi connectivity index (χ3v) is 4.50. The number of hydrogen-bond acceptors (Lipinski definition) is 2. The quantitative estimate of drug-likeness (QED) is 0.811. The van der Waals surface area contributed by atoms with Crippen LogP contribution in [0.25, 0.3) is 11.1 Å². The fourth-order valence-electron chi connectivity index (χ4n) is 3.19. The monoisotopic (exact) mass is 323 g/mol. The molecule has 126 valence electrons. The van der Waals surface area contributed by atoms with E-state index in [9.17, 15) is 4.79 Å². The molecule has 0 aliphatic carbocycles. The Labute approximate surface area is 144 Å². The first-order valence-corrected chi connectivity index (χ1v) is 8.90. The van der Waals surface area contributed by atoms with Crippen LogP contribution in [0.3, 0.4) is 0 Å². The van der Waals surface area contributed by atoms with Gasteiger partial charge in [-0.1, -0.05) is 37.1 Å². The molecule has 3 rings (SSSR count). The molecular weight excluding hydrogens is 298 g/mol. The summed E-state index contributed by atoms with van der Waals surface area (Å²) >= 11 is 0. The van der Waals surface area contributed by atoms with Gasteiger partial charge in [0.05, 0.1) is 6.61 Å². The predicted octanol–water partition coefficient (Wildman–Crippen LogP) is 4.77. The van der Waals surface area contributed by atoms with E-state index in [1.807, 2.05) is 54.3 Å². The summed E-state index contributed by atoms with van der Waals surface area (Å²) in [5.74, 6) is 1.03. The SMILES string of the molecule is CCOc1cccc(-c2ccc(C(=O)N3CCCCCC3)cc2)c1. The Kier molecular flexibility index (Phi) is 5.52. The highest BCUT2D eigenvalue weighted by molar-refractivity contribution is 5.94. The van der Waals surface area contributed by atoms with E-state index in [-0.39, 0.29) is 5.91 Å². The lowest BCUT2D eigenvalue weighted by Gasteiger charge is -2.20. The molecule has 0 aromatic heterocycles. The van der Waals surface area contributed by atoms with E-state index < -0.39 is 0 Å². The molecule has 0 radical (unpaired) electrons. The Hall–Kier alpha value is -2.29. The van der Waals surface area contributed by atoms with Gasteiger partial charge in [-0.25, -0.2) is 0 Å². The number of nitrogens with zero attached hydrogens (tertiary/aromatic N) is 1. The Morgan fingerprint density at radius 1 is 0.958 bits per heavy atom. The number of amides is 1. The summed E-state index contributed by atoms with van der Waals surface area (Å²) in [6.45, 7) is 4.41. The average Bonchev–Trinajstić information content (AvgIpc) is 2.91. The molecule has 1 amide bonds. The van der Waals surface area contributed by atoms with Crippen LogP contribution in [0.15, 0.2) is 48.5 Å². The zero-order valence-corrected chi connectivity index (χ0v) is 14.3. The van der Waals surface area contributed by atoms with Gasteiger partial charge in [0.15, 0.2) is 0 Å². The Morgan fingerprint density at radius 3 is 2.33 bits per heavy atom. The highest BCUT2D eigenvalue weighted by Gasteiger charge is 2.17. The molecule has 2 aromatic carbocycles. The second-order valence-electron chi connectivity index (χ2n) is 6.24. The van der Waals surface area contributed by atoms with E-state index in [2.05, 4.69) is 6.07 Å². The minimum atomic E-state index is 0.159. The van der Waals surface area contributed by atoms with Crippen LogP contribution in [-0.2, 0) is 0 Å². The molecule has 1 saturated heterocycles. The van der Waals surface area contributed by atoms with Gasteiger partial charge in [-0.2, -0.15) is 0 Å². The van der Waals surface area contributed by atoms with E-state index in [1.165, 1.54) is 12.8 Å². The maximum atomic E-state index is 12.6. The van der Waals surface area contributed by atoms with E-state index in [1.54, 1.807) is 0 Å². The van der Waals surface area contributed by atoms with Crippen LogP contribution < -0.4 is 4.74 Å². The Balaban J connectivity index is 1.75. The normalized spacial score (nSPS) is 15.0. The summed E-state index contributed by atoms with van der Waals surface area (Å²) in [4.78, 5) is 14.6. The number of likely N-dealkylation sites (tertiary alicyclic amines) is 1. The summed E-state index contributed by atoms with van der Waals surface area (Å²) in [5, 5.41) is 0. The van der Waals surface area contributed by atoms with E-state index in [0.717, 1.165) is 48.4 Å². The molecular formula is C21H25NO2. The molecule has 0 unspecified atom stereocenters. The predicted molar refractivity (Wildman–Crippen MR) is 97.4 cm³/mol. The van der Waals surface area contributed by atoms with Crippen molar-refractivity contribution in [3.05, 3.63) is 54.1 Å². The molecule has 1 heterocycles. The molecule has 1 fully saturated rings. The molecule has 24 heavy (non-hydrogen) atoms. The molecule has 1 aliphatic rings. The van der Waals surface area contributed by atoms with Crippen LogP contribution in [0.4, 0.5) is 0 Å². The molecule has 0 atom stereocenters. The average molecular weight is 323 g/mol. The molecule has 0 N–H and O–H groups in total. The van der Waals surface area contributed by atoms with Crippen molar-refractivity contribution >= 4 is 5.91 Å². The zero-order chi connectivity index (χ0) is 16.8. The third kappa shape index (κ3) is 3.97. The second kappa shape index (κ2) is 8.00. The van der Waals surface area contributed by atoms with Gasteiger partial charge < -0.3 is 9.64 Å². The fourth-order valence-corrected chi connectivity index (χ4v) is 3.19. The highest BCUT2D eigenvalue weighted by Crippen LogP contribution is 2.25. The number of benzene rings is 2. The first kappa shape index (κ1) is 16.6. The summed E-state index contributed by atoms with van der Waals surface area (Å²) in [7, 11) is 0. The van der Waals surface area contributed by atoms with Crippen LogP contribution in [0.5, 0.6) is 5.75 Å². The van der Waals surface area contributed by atoms with Crippen molar-refractivity contribution in [3.63, 3.8) is 0 Å². The largest absolute Gasteiger partial charge is 0.494 e. The van der Waals surface area contributed by atoms with Gasteiger partial charge in [0.1, 0.15) is 5.75 Å². The molecule has 0 bridgehead atoms. The Morgan fingerprint density at radius 2 is 1.67 bits per heavy atom. The Bertz CT molecular complexity index is 670. The topological polar surface area (TPSA) is 29.5 Å². The van der Waals surface area contributed by atoms with E-state index in [4.69, 9.17) is 4.74 Å². The first-order valence-electron chi connectivity index (χ1n) is 8.90. The minimum Gasteiger partial charge on any atom is -0.494 e. The minimum absolute atomic E-state index is 0.159. The molecule has 1 aliphatic heterocycles. The van der Waals surface area contributed by atoms with Crippen molar-refractivity contribution < 1.29 is 9.53 Å². The van der Waals surface area contributed by atoms with Crippen LogP contribution in [-0.4, -0.2) is 30.5 Å². The lowest BCUT2D eigenvalue weighted by atomic mass is 10.0. The van der Waals surface area contributed by atoms with Gasteiger partial charge >= 0.3 is 0 Å². The van der Waals surface area contributed by atoms with Crippen molar-refractivity contribution in [1.82, 2.24) is 4.90 Å². The molecule has 3 heteroatoms. The number of rotatable bonds is 4. The van der Waals surface area contributed by atoms with Crippen LogP contribution in [0.1, 0.15) is 43.0 Å². The van der Waals surface area contributed by atoms with Crippen molar-refractivity contribution in [2.24, 2.45) is 0 Å². The van der Waals surface area contributed by atoms with Crippen molar-refractivity contribution in [2.75, 3.05) is 19.7 Å². The van der Waals surface area contributed by atoms with E-state index >= 15 is 0 Å². The number of ether oxygens (including phenoxy) is 1. The van der Waals surface area contributed by atoms with Gasteiger partial charge in [0, 0.05) is 18.7 Å². The number of carbonyl (C=O) groups is 1. The molecule has 0 saturated carbocycles. The van der Waals surface area contributed by atoms with Crippen molar-refractivity contribution in [1.29, 1.82) is 0 Å². The van der Waals surface area contributed by atoms with Gasteiger partial charge in [0.25, 0.3) is 5.91 Å². The second-order valence-corrected chi connectivity index (χ2v) is 6.24. The summed E-state index contributed by atoms with van der Waals surface area (Å²) in [5.41, 5.74) is 2.99. The molecule has 0 spiro atoms. The van der Waals surface area contributed by atoms with Gasteiger partial charge in [0.2, 0.25) is 0 Å². The smallest absolute Gasteiger partial charge is 0.253 e. The highest BCUT2D eigenvalue weighted by atomic mass is 16.5. The van der Waals surface area contributed by atoms with Crippen LogP contribution in [0, 0.1) is 0 Å². The maximum Gasteiger partial charge on any atom is 0.253 e. The van der Waals surface area contributed by atoms with Gasteiger partial charge in [-0.15, -0.1) is 0 Å². The maximum absolute atomic E-state index is 12.6. The van der Waals surface area contributed by atoms with Crippen molar-refractivity contribution in [3.8, 4) is 16.9 Å². The third-order valence-electron chi connectivity index (χ3n) is 4.50. The first-order chi connectivity index (χ1) is 11.8. The lowest BCUT2D eigenvalue weighted by Crippen LogP contribution is -2.31. The summed E-state index contributed by atoms with van der Waals surface area (Å²) < 4.78 is 5.56. The summed E-state index contributed by atoms with van der Waals surface area (Å²) in [6, 6.07) is 16.0. The van der Waals surface area contributed by atoms with Crippen molar-refractivity contribution in [2.45, 2.75) is 32.6 Å². The number of carbonyl (C=O) groups excluding carboxylic acids is 1. The fraction of sp³-hybridized carbons (Fsp3) is 0.381. The molecule has 3 nitrogen and oxygen atoms in total. The zero-order valence-electron chi connectivity index (χ0n) is 14.3. The standard InChI is InChI=1S/C21H25NO2/c1-2-24-20-9-7-8-19(16-20)17-10-12-18(13-11-17)21(23)22-14-5-3-4-6-15-22/h7-13,16H,2-6,14-15H2,1H3. The number of hydrogen-bond donors (Lipinski definition) is 0. The van der Waals surface area contributed by atoms with Crippen LogP contribution >= 0.6 is 0 Å².